The van der Waals surface area contributed by atoms with E-state index in [0.29, 0.717) is 12.3 Å². The molecule has 0 amide bonds. The van der Waals surface area contributed by atoms with Crippen LogP contribution in [0.2, 0.25) is 0 Å². The van der Waals surface area contributed by atoms with Gasteiger partial charge in [0.1, 0.15) is 5.41 Å². The van der Waals surface area contributed by atoms with Crippen molar-refractivity contribution < 1.29 is 23.8 Å². The normalized spacial score (nSPS) is 55.3. The minimum atomic E-state index is -0.949. The van der Waals surface area contributed by atoms with Gasteiger partial charge in [-0.1, -0.05) is 20.3 Å². The molecule has 0 aromatic carbocycles. The molecule has 2 bridgehead atoms. The highest BCUT2D eigenvalue weighted by Crippen LogP contribution is 2.63. The molecule has 21 heavy (non-hydrogen) atoms. The van der Waals surface area contributed by atoms with E-state index in [4.69, 9.17) is 14.2 Å². The molecule has 1 aliphatic carbocycles. The van der Waals surface area contributed by atoms with E-state index in [-0.39, 0.29) is 29.7 Å². The van der Waals surface area contributed by atoms with Crippen LogP contribution in [-0.2, 0) is 23.8 Å². The molecule has 4 heterocycles. The van der Waals surface area contributed by atoms with E-state index in [1.807, 2.05) is 6.92 Å². The molecule has 5 heteroatoms. The molecule has 7 atom stereocenters. The van der Waals surface area contributed by atoms with E-state index < -0.39 is 17.5 Å². The van der Waals surface area contributed by atoms with Crippen molar-refractivity contribution in [2.45, 2.75) is 58.5 Å². The van der Waals surface area contributed by atoms with Crippen molar-refractivity contribution in [2.24, 2.45) is 29.1 Å². The van der Waals surface area contributed by atoms with Gasteiger partial charge >= 0.3 is 11.9 Å². The van der Waals surface area contributed by atoms with Crippen molar-refractivity contribution in [2.75, 3.05) is 0 Å². The topological polar surface area (TPSA) is 61.8 Å². The number of carbonyl (C=O) groups excluding carboxylic acids is 2. The Morgan fingerprint density at radius 2 is 1.86 bits per heavy atom. The summed E-state index contributed by atoms with van der Waals surface area (Å²) in [6.07, 6.45) is 2.70. The maximum Gasteiger partial charge on any atom is 0.321 e. The number of fused-ring (bicyclic) bond motifs is 2. The molecule has 0 radical (unpaired) electrons. The Kier molecular flexibility index (Phi) is 2.58. The van der Waals surface area contributed by atoms with Crippen LogP contribution in [0.1, 0.15) is 46.5 Å². The Hall–Kier alpha value is -1.10. The fourth-order valence-electron chi connectivity index (χ4n) is 5.22. The highest BCUT2D eigenvalue weighted by atomic mass is 16.8. The number of ether oxygens (including phenoxy) is 3. The zero-order valence-electron chi connectivity index (χ0n) is 12.8. The van der Waals surface area contributed by atoms with Gasteiger partial charge in [-0.05, 0) is 30.6 Å². The first-order valence-electron chi connectivity index (χ1n) is 8.00. The van der Waals surface area contributed by atoms with Gasteiger partial charge in [-0.25, -0.2) is 0 Å². The molecule has 116 valence electrons. The minimum absolute atomic E-state index is 0.0277. The molecule has 0 N–H and O–H groups in total. The Morgan fingerprint density at radius 1 is 1.10 bits per heavy atom. The lowest BCUT2D eigenvalue weighted by atomic mass is 9.52. The molecule has 4 saturated heterocycles. The van der Waals surface area contributed by atoms with E-state index >= 15 is 0 Å². The largest absolute Gasteiger partial charge is 0.434 e. The highest BCUT2D eigenvalue weighted by Gasteiger charge is 2.72. The smallest absolute Gasteiger partial charge is 0.321 e. The molecule has 0 aromatic rings. The maximum absolute atomic E-state index is 13.0. The molecule has 5 aliphatic rings. The summed E-state index contributed by atoms with van der Waals surface area (Å²) in [7, 11) is 0. The lowest BCUT2D eigenvalue weighted by Crippen LogP contribution is -2.68. The van der Waals surface area contributed by atoms with E-state index in [1.165, 1.54) is 0 Å². The monoisotopic (exact) mass is 294 g/mol. The van der Waals surface area contributed by atoms with Gasteiger partial charge in [0.25, 0.3) is 0 Å². The van der Waals surface area contributed by atoms with Crippen LogP contribution in [0.5, 0.6) is 0 Å². The molecule has 1 spiro atoms. The Morgan fingerprint density at radius 3 is 2.62 bits per heavy atom. The second kappa shape index (κ2) is 4.00. The Bertz CT molecular complexity index is 517. The molecule has 0 unspecified atom stereocenters. The fraction of sp³-hybridized carbons (Fsp3) is 0.875. The van der Waals surface area contributed by atoms with Gasteiger partial charge in [0, 0.05) is 13.3 Å². The van der Waals surface area contributed by atoms with Gasteiger partial charge in [-0.3, -0.25) is 14.3 Å². The summed E-state index contributed by atoms with van der Waals surface area (Å²) in [5, 5.41) is 0. The SMILES string of the molecule is C[C@@H]1CC[C@H]2[C@@H](C)C(=O)O[C@@H]3O[C@@]4(C)CC[C@@H]1[C@]32C(=O)O4. The van der Waals surface area contributed by atoms with Gasteiger partial charge in [0.2, 0.25) is 12.1 Å². The number of carbonyl (C=O) groups is 2. The predicted octanol–water partition coefficient (Wildman–Crippen LogP) is 2.24. The molecule has 5 fully saturated rings. The van der Waals surface area contributed by atoms with Crippen LogP contribution in [0.15, 0.2) is 0 Å². The van der Waals surface area contributed by atoms with Gasteiger partial charge in [-0.15, -0.1) is 0 Å². The molecular formula is C16H22O5. The van der Waals surface area contributed by atoms with Crippen molar-refractivity contribution in [1.82, 2.24) is 0 Å². The highest BCUT2D eigenvalue weighted by molar-refractivity contribution is 5.84. The van der Waals surface area contributed by atoms with Crippen molar-refractivity contribution in [3.05, 3.63) is 0 Å². The maximum atomic E-state index is 13.0. The van der Waals surface area contributed by atoms with Gasteiger partial charge in [0.05, 0.1) is 5.92 Å². The molecule has 4 aliphatic heterocycles. The summed E-state index contributed by atoms with van der Waals surface area (Å²) in [6.45, 7) is 5.85. The molecule has 1 saturated carbocycles. The Balaban J connectivity index is 1.91. The van der Waals surface area contributed by atoms with Crippen molar-refractivity contribution >= 4 is 11.9 Å². The van der Waals surface area contributed by atoms with Crippen LogP contribution in [-0.4, -0.2) is 24.0 Å². The standard InChI is InChI=1S/C16H22O5/c1-8-4-5-11-9(2)12(17)19-14-16(11)10(8)6-7-15(3,21-14)20-13(16)18/h8-11,14H,4-7H2,1-3H3/t8-,9-,10+,11+,14-,15+,16+/m1/s1. The van der Waals surface area contributed by atoms with Crippen molar-refractivity contribution in [1.29, 1.82) is 0 Å². The van der Waals surface area contributed by atoms with E-state index in [2.05, 4.69) is 6.92 Å². The van der Waals surface area contributed by atoms with Crippen molar-refractivity contribution in [3.63, 3.8) is 0 Å². The van der Waals surface area contributed by atoms with Crippen LogP contribution in [0.4, 0.5) is 0 Å². The second-order valence-corrected chi connectivity index (χ2v) is 7.44. The Labute approximate surface area is 124 Å². The zero-order valence-corrected chi connectivity index (χ0v) is 12.8. The minimum Gasteiger partial charge on any atom is -0.434 e. The fourth-order valence-corrected chi connectivity index (χ4v) is 5.22. The predicted molar refractivity (Wildman–Crippen MR) is 71.7 cm³/mol. The summed E-state index contributed by atoms with van der Waals surface area (Å²) in [4.78, 5) is 25.1. The average Bonchev–Trinajstić information content (AvgIpc) is 2.61. The zero-order chi connectivity index (χ0) is 15.0. The number of hydrogen-bond acceptors (Lipinski definition) is 5. The van der Waals surface area contributed by atoms with Crippen LogP contribution in [0, 0.1) is 29.1 Å². The van der Waals surface area contributed by atoms with Crippen LogP contribution in [0.25, 0.3) is 0 Å². The molecule has 5 nitrogen and oxygen atoms in total. The summed E-state index contributed by atoms with van der Waals surface area (Å²) >= 11 is 0. The third-order valence-electron chi connectivity index (χ3n) is 6.36. The third-order valence-corrected chi connectivity index (χ3v) is 6.36. The lowest BCUT2D eigenvalue weighted by Gasteiger charge is -2.57. The molecule has 0 aromatic heterocycles. The van der Waals surface area contributed by atoms with Crippen LogP contribution in [0.3, 0.4) is 0 Å². The van der Waals surface area contributed by atoms with E-state index in [1.54, 1.807) is 6.92 Å². The first-order chi connectivity index (χ1) is 9.88. The third kappa shape index (κ3) is 1.50. The van der Waals surface area contributed by atoms with Crippen molar-refractivity contribution in [3.8, 4) is 0 Å². The molecular weight excluding hydrogens is 272 g/mol. The van der Waals surface area contributed by atoms with E-state index in [9.17, 15) is 9.59 Å². The summed E-state index contributed by atoms with van der Waals surface area (Å²) in [6, 6.07) is 0. The quantitative estimate of drug-likeness (QED) is 0.641. The number of hydrogen-bond donors (Lipinski definition) is 0. The second-order valence-electron chi connectivity index (χ2n) is 7.44. The van der Waals surface area contributed by atoms with Gasteiger partial charge < -0.3 is 9.47 Å². The first-order valence-corrected chi connectivity index (χ1v) is 8.00. The first kappa shape index (κ1) is 13.6. The van der Waals surface area contributed by atoms with E-state index in [0.717, 1.165) is 19.3 Å². The number of esters is 2. The summed E-state index contributed by atoms with van der Waals surface area (Å²) in [5.74, 6) is -1.10. The average molecular weight is 294 g/mol. The molecule has 5 rings (SSSR count). The number of rotatable bonds is 0. The van der Waals surface area contributed by atoms with Gasteiger partial charge in [0.15, 0.2) is 0 Å². The van der Waals surface area contributed by atoms with Crippen LogP contribution < -0.4 is 0 Å². The summed E-state index contributed by atoms with van der Waals surface area (Å²) in [5.41, 5.74) is -0.791. The van der Waals surface area contributed by atoms with Gasteiger partial charge in [-0.2, -0.15) is 0 Å². The summed E-state index contributed by atoms with van der Waals surface area (Å²) < 4.78 is 17.2. The lowest BCUT2D eigenvalue weighted by molar-refractivity contribution is -0.363. The van der Waals surface area contributed by atoms with Crippen LogP contribution >= 0.6 is 0 Å².